The van der Waals surface area contributed by atoms with Crippen LogP contribution in [0.4, 0.5) is 0 Å². The van der Waals surface area contributed by atoms with Gasteiger partial charge in [0.1, 0.15) is 18.5 Å². The summed E-state index contributed by atoms with van der Waals surface area (Å²) in [5.41, 5.74) is 0.599. The van der Waals surface area contributed by atoms with Crippen LogP contribution in [0.2, 0.25) is 0 Å². The summed E-state index contributed by atoms with van der Waals surface area (Å²) in [6, 6.07) is 8.97. The minimum absolute atomic E-state index is 0.244. The molecule has 1 N–H and O–H groups in total. The van der Waals surface area contributed by atoms with Gasteiger partial charge >= 0.3 is 0 Å². The average molecular weight is 304 g/mol. The van der Waals surface area contributed by atoms with Gasteiger partial charge in [-0.1, -0.05) is 6.92 Å². The van der Waals surface area contributed by atoms with Gasteiger partial charge in [-0.3, -0.25) is 4.90 Å². The molecule has 1 fully saturated rings. The van der Waals surface area contributed by atoms with E-state index < -0.39 is 6.10 Å². The van der Waals surface area contributed by atoms with Gasteiger partial charge in [0.15, 0.2) is 0 Å². The number of nitrogens with zero attached hydrogens (tertiary/aromatic N) is 2. The molecular weight excluding hydrogens is 280 g/mol. The Balaban J connectivity index is 1.73. The van der Waals surface area contributed by atoms with Gasteiger partial charge in [0, 0.05) is 19.7 Å². The van der Waals surface area contributed by atoms with E-state index >= 15 is 0 Å². The number of ether oxygens (including phenoxy) is 2. The second kappa shape index (κ2) is 8.74. The molecule has 0 aromatic heterocycles. The zero-order valence-electron chi connectivity index (χ0n) is 13.1. The first-order valence-corrected chi connectivity index (χ1v) is 7.86. The van der Waals surface area contributed by atoms with E-state index in [1.165, 1.54) is 0 Å². The number of rotatable bonds is 8. The van der Waals surface area contributed by atoms with Gasteiger partial charge in [-0.25, -0.2) is 0 Å². The lowest BCUT2D eigenvalue weighted by molar-refractivity contribution is 0.0365. The molecule has 5 heteroatoms. The van der Waals surface area contributed by atoms with E-state index in [9.17, 15) is 5.11 Å². The van der Waals surface area contributed by atoms with Crippen molar-refractivity contribution in [3.8, 4) is 11.8 Å². The van der Waals surface area contributed by atoms with Crippen LogP contribution >= 0.6 is 0 Å². The van der Waals surface area contributed by atoms with Crippen LogP contribution < -0.4 is 4.74 Å². The van der Waals surface area contributed by atoms with Crippen molar-refractivity contribution in [2.24, 2.45) is 0 Å². The maximum atomic E-state index is 10.1. The fraction of sp³-hybridized carbons (Fsp3) is 0.588. The third kappa shape index (κ3) is 5.30. The number of hydrogen-bond acceptors (Lipinski definition) is 5. The zero-order chi connectivity index (χ0) is 15.8. The fourth-order valence-electron chi connectivity index (χ4n) is 2.58. The number of aliphatic hydroxyl groups is 1. The monoisotopic (exact) mass is 304 g/mol. The van der Waals surface area contributed by atoms with Crippen LogP contribution in [0, 0.1) is 11.3 Å². The van der Waals surface area contributed by atoms with E-state index in [-0.39, 0.29) is 6.61 Å². The van der Waals surface area contributed by atoms with Gasteiger partial charge in [0.2, 0.25) is 0 Å². The van der Waals surface area contributed by atoms with Crippen molar-refractivity contribution < 1.29 is 14.6 Å². The lowest BCUT2D eigenvalue weighted by Gasteiger charge is -2.26. The van der Waals surface area contributed by atoms with E-state index in [0.717, 1.165) is 32.5 Å². The highest BCUT2D eigenvalue weighted by Gasteiger charge is 2.20. The second-order valence-corrected chi connectivity index (χ2v) is 5.59. The van der Waals surface area contributed by atoms with Crippen molar-refractivity contribution >= 4 is 0 Å². The number of hydrogen-bond donors (Lipinski definition) is 1. The Kier molecular flexibility index (Phi) is 6.66. The third-order valence-electron chi connectivity index (χ3n) is 3.83. The van der Waals surface area contributed by atoms with Crippen molar-refractivity contribution in [3.63, 3.8) is 0 Å². The number of likely N-dealkylation sites (N-methyl/N-ethyl adjacent to an activating group) is 1. The standard InChI is InChI=1S/C17H24N2O3/c1-2-19(12-17-4-3-9-21-17)11-15(20)13-22-16-7-5-14(10-18)6-8-16/h5-8,15,17,20H,2-4,9,11-13H2,1H3. The summed E-state index contributed by atoms with van der Waals surface area (Å²) in [5, 5.41) is 18.9. The van der Waals surface area contributed by atoms with Gasteiger partial charge in [0.05, 0.1) is 17.7 Å². The summed E-state index contributed by atoms with van der Waals surface area (Å²) in [6.07, 6.45) is 1.99. The Hall–Kier alpha value is -1.61. The molecule has 22 heavy (non-hydrogen) atoms. The minimum Gasteiger partial charge on any atom is -0.491 e. The summed E-state index contributed by atoms with van der Waals surface area (Å²) >= 11 is 0. The summed E-state index contributed by atoms with van der Waals surface area (Å²) in [7, 11) is 0. The third-order valence-corrected chi connectivity index (χ3v) is 3.83. The first-order valence-electron chi connectivity index (χ1n) is 7.86. The van der Waals surface area contributed by atoms with Crippen molar-refractivity contribution in [3.05, 3.63) is 29.8 Å². The fourth-order valence-corrected chi connectivity index (χ4v) is 2.58. The summed E-state index contributed by atoms with van der Waals surface area (Å²) in [5.74, 6) is 0.667. The SMILES string of the molecule is CCN(CC(O)COc1ccc(C#N)cc1)CC1CCCO1. The predicted molar refractivity (Wildman–Crippen MR) is 83.7 cm³/mol. The van der Waals surface area contributed by atoms with Gasteiger partial charge < -0.3 is 14.6 Å². The smallest absolute Gasteiger partial charge is 0.119 e. The normalized spacial score (nSPS) is 19.1. The molecule has 0 aliphatic carbocycles. The Bertz CT molecular complexity index is 478. The highest BCUT2D eigenvalue weighted by molar-refractivity contribution is 5.34. The van der Waals surface area contributed by atoms with Crippen molar-refractivity contribution in [1.29, 1.82) is 5.26 Å². The van der Waals surface area contributed by atoms with Crippen molar-refractivity contribution in [2.75, 3.05) is 32.8 Å². The first kappa shape index (κ1) is 16.8. The zero-order valence-corrected chi connectivity index (χ0v) is 13.1. The number of nitriles is 1. The quantitative estimate of drug-likeness (QED) is 0.793. The first-order chi connectivity index (χ1) is 10.7. The Morgan fingerprint density at radius 1 is 1.45 bits per heavy atom. The summed E-state index contributed by atoms with van der Waals surface area (Å²) in [4.78, 5) is 2.20. The molecule has 1 aromatic rings. The Labute approximate surface area is 132 Å². The molecule has 1 aliphatic heterocycles. The van der Waals surface area contributed by atoms with E-state index in [0.29, 0.717) is 24.0 Å². The number of aliphatic hydroxyl groups excluding tert-OH is 1. The highest BCUT2D eigenvalue weighted by atomic mass is 16.5. The van der Waals surface area contributed by atoms with Crippen LogP contribution in [0.1, 0.15) is 25.3 Å². The van der Waals surface area contributed by atoms with Crippen molar-refractivity contribution in [2.45, 2.75) is 32.0 Å². The van der Waals surface area contributed by atoms with Crippen LogP contribution in [0.5, 0.6) is 5.75 Å². The molecule has 0 spiro atoms. The molecule has 2 unspecified atom stereocenters. The molecular formula is C17H24N2O3. The lowest BCUT2D eigenvalue weighted by atomic mass is 10.2. The molecule has 0 saturated carbocycles. The van der Waals surface area contributed by atoms with E-state index in [4.69, 9.17) is 14.7 Å². The summed E-state index contributed by atoms with van der Waals surface area (Å²) in [6.45, 7) is 5.51. The van der Waals surface area contributed by atoms with Gasteiger partial charge in [-0.2, -0.15) is 5.26 Å². The highest BCUT2D eigenvalue weighted by Crippen LogP contribution is 2.14. The van der Waals surface area contributed by atoms with Gasteiger partial charge in [-0.15, -0.1) is 0 Å². The predicted octanol–water partition coefficient (Wildman–Crippen LogP) is 1.80. The van der Waals surface area contributed by atoms with Crippen LogP contribution in [-0.2, 0) is 4.74 Å². The lowest BCUT2D eigenvalue weighted by Crippen LogP contribution is -2.39. The molecule has 2 atom stereocenters. The maximum absolute atomic E-state index is 10.1. The Morgan fingerprint density at radius 2 is 2.23 bits per heavy atom. The van der Waals surface area contributed by atoms with Crippen molar-refractivity contribution in [1.82, 2.24) is 4.90 Å². The second-order valence-electron chi connectivity index (χ2n) is 5.59. The van der Waals surface area contributed by atoms with Crippen LogP contribution in [0.25, 0.3) is 0 Å². The van der Waals surface area contributed by atoms with E-state index in [2.05, 4.69) is 17.9 Å². The molecule has 1 heterocycles. The number of benzene rings is 1. The molecule has 0 amide bonds. The summed E-state index contributed by atoms with van der Waals surface area (Å²) < 4.78 is 11.2. The molecule has 120 valence electrons. The van der Waals surface area contributed by atoms with Gasteiger partial charge in [0.25, 0.3) is 0 Å². The van der Waals surface area contributed by atoms with Crippen LogP contribution in [0.3, 0.4) is 0 Å². The molecule has 5 nitrogen and oxygen atoms in total. The van der Waals surface area contributed by atoms with Crippen LogP contribution in [0.15, 0.2) is 24.3 Å². The maximum Gasteiger partial charge on any atom is 0.119 e. The average Bonchev–Trinajstić information content (AvgIpc) is 3.05. The molecule has 0 bridgehead atoms. The molecule has 1 saturated heterocycles. The van der Waals surface area contributed by atoms with Crippen LogP contribution in [-0.4, -0.2) is 55.1 Å². The molecule has 1 aliphatic rings. The van der Waals surface area contributed by atoms with Gasteiger partial charge in [-0.05, 0) is 43.7 Å². The topological polar surface area (TPSA) is 65.7 Å². The molecule has 1 aromatic carbocycles. The minimum atomic E-state index is -0.544. The van der Waals surface area contributed by atoms with E-state index in [1.807, 2.05) is 0 Å². The Morgan fingerprint density at radius 3 is 2.82 bits per heavy atom. The largest absolute Gasteiger partial charge is 0.491 e. The molecule has 0 radical (unpaired) electrons. The van der Waals surface area contributed by atoms with E-state index in [1.54, 1.807) is 24.3 Å². The molecule has 2 rings (SSSR count).